The first-order valence-corrected chi connectivity index (χ1v) is 23.1. The Balaban J connectivity index is 1.68. The van der Waals surface area contributed by atoms with Gasteiger partial charge in [0.15, 0.2) is 5.78 Å². The first-order valence-electron chi connectivity index (χ1n) is 23.1. The molecule has 0 radical (unpaired) electrons. The van der Waals surface area contributed by atoms with Crippen LogP contribution in [0, 0.1) is 17.8 Å². The van der Waals surface area contributed by atoms with E-state index < -0.39 is 23.9 Å². The van der Waals surface area contributed by atoms with Crippen molar-refractivity contribution in [1.29, 1.82) is 0 Å². The molecular formula is C45H80N6O11. The van der Waals surface area contributed by atoms with Crippen LogP contribution in [0.1, 0.15) is 132 Å². The van der Waals surface area contributed by atoms with E-state index in [9.17, 15) is 28.8 Å². The fourth-order valence-corrected chi connectivity index (χ4v) is 7.27. The number of nitrogens with zero attached hydrogens (tertiary/aromatic N) is 1. The fraction of sp³-hybridized carbons (Fsp3) is 0.822. The highest BCUT2D eigenvalue weighted by atomic mass is 16.6. The number of amides is 3. The van der Waals surface area contributed by atoms with Gasteiger partial charge >= 0.3 is 0 Å². The SMILES string of the molecule is CCCCC(=O)CCOCCOCCOCCOCCN1NNC2=C1CCCCCC2OCC(=O)NCCCC[C@@H](NC(C)=O)C(=O)N[C@H](C(=O)C[C@@H](C)C(=O)C(C)C)C(C)C. The van der Waals surface area contributed by atoms with E-state index in [4.69, 9.17) is 23.7 Å². The fourth-order valence-electron chi connectivity index (χ4n) is 7.27. The highest BCUT2D eigenvalue weighted by molar-refractivity contribution is 5.95. The summed E-state index contributed by atoms with van der Waals surface area (Å²) in [6.07, 6.45) is 9.00. The van der Waals surface area contributed by atoms with E-state index in [1.54, 1.807) is 20.8 Å². The third-order valence-electron chi connectivity index (χ3n) is 10.8. The van der Waals surface area contributed by atoms with Gasteiger partial charge < -0.3 is 45.1 Å². The van der Waals surface area contributed by atoms with Crippen LogP contribution in [0.3, 0.4) is 0 Å². The number of hydrazine groups is 2. The predicted octanol–water partition coefficient (Wildman–Crippen LogP) is 3.84. The average molecular weight is 881 g/mol. The highest BCUT2D eigenvalue weighted by Crippen LogP contribution is 2.28. The molecule has 0 saturated heterocycles. The van der Waals surface area contributed by atoms with Gasteiger partial charge in [-0.15, -0.1) is 5.53 Å². The molecule has 1 heterocycles. The van der Waals surface area contributed by atoms with Crippen molar-refractivity contribution in [2.75, 3.05) is 72.6 Å². The van der Waals surface area contributed by atoms with E-state index in [1.807, 2.05) is 18.9 Å². The minimum absolute atomic E-state index is 0.00225. The summed E-state index contributed by atoms with van der Waals surface area (Å²) in [5.41, 5.74) is 8.56. The number of rotatable bonds is 35. The van der Waals surface area contributed by atoms with Gasteiger partial charge in [-0.2, -0.15) is 0 Å². The third kappa shape index (κ3) is 22.7. The van der Waals surface area contributed by atoms with Crippen LogP contribution in [0.4, 0.5) is 0 Å². The maximum absolute atomic E-state index is 13.3. The van der Waals surface area contributed by atoms with Gasteiger partial charge in [-0.3, -0.25) is 33.8 Å². The number of Topliss-reactive ketones (excluding diaryl/α,β-unsaturated/α-hetero) is 3. The van der Waals surface area contributed by atoms with E-state index in [0.717, 1.165) is 56.3 Å². The number of allylic oxidation sites excluding steroid dienone is 1. The Bertz CT molecular complexity index is 1390. The molecule has 0 aromatic carbocycles. The third-order valence-corrected chi connectivity index (χ3v) is 10.8. The lowest BCUT2D eigenvalue weighted by Crippen LogP contribution is -2.53. The van der Waals surface area contributed by atoms with Crippen molar-refractivity contribution in [3.8, 4) is 0 Å². The lowest BCUT2D eigenvalue weighted by atomic mass is 9.88. The lowest BCUT2D eigenvalue weighted by Gasteiger charge is -2.26. The zero-order valence-electron chi connectivity index (χ0n) is 38.9. The number of hydrogen-bond donors (Lipinski definition) is 5. The van der Waals surface area contributed by atoms with Crippen molar-refractivity contribution in [1.82, 2.24) is 31.9 Å². The van der Waals surface area contributed by atoms with Gasteiger partial charge in [0.05, 0.1) is 76.8 Å². The van der Waals surface area contributed by atoms with Crippen LogP contribution in [0.15, 0.2) is 11.4 Å². The second-order valence-electron chi connectivity index (χ2n) is 16.9. The Morgan fingerprint density at radius 1 is 0.790 bits per heavy atom. The topological polar surface area (TPSA) is 212 Å². The first kappa shape index (κ1) is 54.7. The molecule has 5 N–H and O–H groups in total. The Morgan fingerprint density at radius 2 is 1.45 bits per heavy atom. The normalized spacial score (nSPS) is 16.9. The molecule has 17 heteroatoms. The van der Waals surface area contributed by atoms with Gasteiger partial charge in [0.25, 0.3) is 0 Å². The number of carbonyl (C=O) groups is 6. The maximum atomic E-state index is 13.3. The second kappa shape index (κ2) is 32.2. The Hall–Kier alpha value is -3.48. The van der Waals surface area contributed by atoms with Gasteiger partial charge in [-0.25, -0.2) is 0 Å². The second-order valence-corrected chi connectivity index (χ2v) is 16.9. The summed E-state index contributed by atoms with van der Waals surface area (Å²) in [5.74, 6) is -1.85. The summed E-state index contributed by atoms with van der Waals surface area (Å²) in [5, 5.41) is 10.5. The maximum Gasteiger partial charge on any atom is 0.246 e. The van der Waals surface area contributed by atoms with Gasteiger partial charge in [-0.1, -0.05) is 60.8 Å². The highest BCUT2D eigenvalue weighted by Gasteiger charge is 2.32. The summed E-state index contributed by atoms with van der Waals surface area (Å²) in [6, 6.07) is -1.63. The van der Waals surface area contributed by atoms with E-state index in [-0.39, 0.29) is 60.1 Å². The number of unbranched alkanes of at least 4 members (excludes halogenated alkanes) is 2. The molecule has 0 bridgehead atoms. The first-order chi connectivity index (χ1) is 29.7. The zero-order valence-corrected chi connectivity index (χ0v) is 38.9. The monoisotopic (exact) mass is 881 g/mol. The summed E-state index contributed by atoms with van der Waals surface area (Å²) in [6.45, 7) is 17.0. The van der Waals surface area contributed by atoms with E-state index in [2.05, 4.69) is 33.8 Å². The van der Waals surface area contributed by atoms with Gasteiger partial charge in [0.1, 0.15) is 30.3 Å². The molecule has 0 saturated carbocycles. The molecule has 0 aromatic heterocycles. The number of ketones is 3. The molecule has 0 aromatic rings. The zero-order chi connectivity index (χ0) is 45.7. The smallest absolute Gasteiger partial charge is 0.246 e. The van der Waals surface area contributed by atoms with Crippen molar-refractivity contribution in [2.24, 2.45) is 17.8 Å². The van der Waals surface area contributed by atoms with Crippen molar-refractivity contribution in [3.05, 3.63) is 11.4 Å². The standard InChI is InChI=1S/C45H80N6O11/c1-8-9-15-36(53)19-22-58-24-26-60-28-29-61-27-25-59-23-21-51-38-17-11-10-12-18-40(43(38)49-50-51)62-31-41(55)46-20-14-13-16-37(47-35(7)52)45(57)48-42(32(2)3)39(54)30-34(6)44(56)33(4)5/h32-34,37,40,42,49-50H,8-31H2,1-7H3,(H,46,55)(H,47,52)(H,48,57)/t34-,37-,40?,42+/m1/s1. The number of hydrogen-bond acceptors (Lipinski definition) is 14. The summed E-state index contributed by atoms with van der Waals surface area (Å²) >= 11 is 0. The Morgan fingerprint density at radius 3 is 2.08 bits per heavy atom. The quantitative estimate of drug-likeness (QED) is 0.0573. The molecule has 2 rings (SSSR count). The van der Waals surface area contributed by atoms with Crippen LogP contribution in [0.25, 0.3) is 0 Å². The largest absolute Gasteiger partial charge is 0.379 e. The molecule has 1 aliphatic heterocycles. The molecule has 2 aliphatic rings. The van der Waals surface area contributed by atoms with Crippen LogP contribution in [-0.2, 0) is 52.5 Å². The molecule has 0 fully saturated rings. The molecule has 3 amide bonds. The van der Waals surface area contributed by atoms with E-state index in [0.29, 0.717) is 98.0 Å². The van der Waals surface area contributed by atoms with Crippen LogP contribution in [0.2, 0.25) is 0 Å². The molecule has 62 heavy (non-hydrogen) atoms. The van der Waals surface area contributed by atoms with Crippen LogP contribution in [0.5, 0.6) is 0 Å². The van der Waals surface area contributed by atoms with E-state index in [1.165, 1.54) is 6.92 Å². The number of nitrogens with one attached hydrogen (secondary N) is 5. The van der Waals surface area contributed by atoms with Gasteiger partial charge in [0, 0.05) is 44.6 Å². The molecule has 1 unspecified atom stereocenters. The number of ether oxygens (including phenoxy) is 5. The van der Waals surface area contributed by atoms with Gasteiger partial charge in [-0.05, 0) is 50.9 Å². The molecule has 4 atom stereocenters. The van der Waals surface area contributed by atoms with Crippen LogP contribution < -0.4 is 26.9 Å². The average Bonchev–Trinajstić information content (AvgIpc) is 3.61. The van der Waals surface area contributed by atoms with E-state index >= 15 is 0 Å². The van der Waals surface area contributed by atoms with Crippen LogP contribution >= 0.6 is 0 Å². The van der Waals surface area contributed by atoms with Crippen molar-refractivity contribution in [3.63, 3.8) is 0 Å². The van der Waals surface area contributed by atoms with Crippen LogP contribution in [-0.4, -0.2) is 131 Å². The van der Waals surface area contributed by atoms with Gasteiger partial charge in [0.2, 0.25) is 17.7 Å². The Labute approximate surface area is 370 Å². The molecule has 0 spiro atoms. The molecular weight excluding hydrogens is 801 g/mol. The molecule has 356 valence electrons. The van der Waals surface area contributed by atoms with Crippen molar-refractivity contribution >= 4 is 35.1 Å². The summed E-state index contributed by atoms with van der Waals surface area (Å²) < 4.78 is 28.6. The van der Waals surface area contributed by atoms with Crippen molar-refractivity contribution < 1.29 is 52.5 Å². The molecule has 17 nitrogen and oxygen atoms in total. The Kier molecular flexibility index (Phi) is 28.4. The summed E-state index contributed by atoms with van der Waals surface area (Å²) in [7, 11) is 0. The minimum Gasteiger partial charge on any atom is -0.379 e. The molecule has 1 aliphatic carbocycles. The number of carbonyl (C=O) groups excluding carboxylic acids is 6. The lowest BCUT2D eigenvalue weighted by molar-refractivity contribution is -0.133. The van der Waals surface area contributed by atoms with Crippen molar-refractivity contribution in [2.45, 2.75) is 150 Å². The minimum atomic E-state index is -0.844. The summed E-state index contributed by atoms with van der Waals surface area (Å²) in [4.78, 5) is 75.3. The predicted molar refractivity (Wildman–Crippen MR) is 235 cm³/mol.